The normalized spacial score (nSPS) is 13.3. The van der Waals surface area contributed by atoms with Crippen molar-refractivity contribution in [2.75, 3.05) is 13.1 Å². The van der Waals surface area contributed by atoms with E-state index < -0.39 is 7.59 Å². The SMILES string of the molecule is CC(C)CN(CC(C)C)[Si][Si](C)(C)C. The third-order valence-electron chi connectivity index (χ3n) is 1.66. The van der Waals surface area contributed by atoms with E-state index in [9.17, 15) is 0 Å². The minimum absolute atomic E-state index is 0.803. The Morgan fingerprint density at radius 2 is 1.29 bits per heavy atom. The van der Waals surface area contributed by atoms with Gasteiger partial charge in [0.15, 0.2) is 0 Å². The van der Waals surface area contributed by atoms with Crippen LogP contribution in [0.15, 0.2) is 0 Å². The lowest BCUT2D eigenvalue weighted by atomic mass is 10.2. The lowest BCUT2D eigenvalue weighted by Crippen LogP contribution is -2.46. The lowest BCUT2D eigenvalue weighted by Gasteiger charge is -2.30. The second kappa shape index (κ2) is 6.08. The Morgan fingerprint density at radius 1 is 0.929 bits per heavy atom. The molecule has 0 atom stereocenters. The second-order valence-electron chi connectivity index (χ2n) is 6.05. The molecule has 0 saturated carbocycles. The van der Waals surface area contributed by atoms with E-state index in [1.165, 1.54) is 13.1 Å². The highest BCUT2D eigenvalue weighted by atomic mass is 29.2. The summed E-state index contributed by atoms with van der Waals surface area (Å²) in [5, 5.41) is 0. The van der Waals surface area contributed by atoms with Crippen molar-refractivity contribution in [1.82, 2.24) is 4.57 Å². The Kier molecular flexibility index (Phi) is 6.25. The van der Waals surface area contributed by atoms with E-state index in [0.717, 1.165) is 21.0 Å². The fraction of sp³-hybridized carbons (Fsp3) is 1.00. The third kappa shape index (κ3) is 8.97. The fourth-order valence-electron chi connectivity index (χ4n) is 1.52. The Bertz CT molecular complexity index is 140. The minimum atomic E-state index is -0.900. The minimum Gasteiger partial charge on any atom is -0.327 e. The molecule has 0 aromatic heterocycles. The van der Waals surface area contributed by atoms with Gasteiger partial charge in [0.1, 0.15) is 9.20 Å². The Balaban J connectivity index is 4.11. The summed E-state index contributed by atoms with van der Waals surface area (Å²) in [7, 11) is 0.190. The highest BCUT2D eigenvalue weighted by molar-refractivity contribution is 7.22. The Labute approximate surface area is 94.0 Å². The molecule has 0 aliphatic heterocycles. The van der Waals surface area contributed by atoms with Gasteiger partial charge in [-0.1, -0.05) is 47.3 Å². The van der Waals surface area contributed by atoms with Crippen LogP contribution in [0, 0.1) is 11.8 Å². The van der Waals surface area contributed by atoms with Gasteiger partial charge in [-0.2, -0.15) is 0 Å². The van der Waals surface area contributed by atoms with Gasteiger partial charge in [-0.05, 0) is 24.9 Å². The van der Waals surface area contributed by atoms with E-state index >= 15 is 0 Å². The smallest absolute Gasteiger partial charge is 0.126 e. The van der Waals surface area contributed by atoms with Crippen molar-refractivity contribution in [3.05, 3.63) is 0 Å². The van der Waals surface area contributed by atoms with E-state index in [1.807, 2.05) is 0 Å². The van der Waals surface area contributed by atoms with Crippen LogP contribution >= 0.6 is 0 Å². The topological polar surface area (TPSA) is 3.24 Å². The number of nitrogens with zero attached hydrogens (tertiary/aromatic N) is 1. The van der Waals surface area contributed by atoms with Gasteiger partial charge < -0.3 is 4.57 Å². The van der Waals surface area contributed by atoms with Crippen LogP contribution in [0.25, 0.3) is 0 Å². The first kappa shape index (κ1) is 14.4. The van der Waals surface area contributed by atoms with Crippen LogP contribution in [0.1, 0.15) is 27.7 Å². The zero-order valence-corrected chi connectivity index (χ0v) is 13.0. The molecule has 1 nitrogen and oxygen atoms in total. The fourth-order valence-corrected chi connectivity index (χ4v) is 6.78. The average molecular weight is 230 g/mol. The number of rotatable bonds is 6. The molecule has 0 spiro atoms. The molecule has 14 heavy (non-hydrogen) atoms. The summed E-state index contributed by atoms with van der Waals surface area (Å²) >= 11 is 0. The van der Waals surface area contributed by atoms with Crippen LogP contribution in [-0.2, 0) is 0 Å². The quantitative estimate of drug-likeness (QED) is 0.633. The highest BCUT2D eigenvalue weighted by Crippen LogP contribution is 2.07. The molecular weight excluding hydrogens is 202 g/mol. The van der Waals surface area contributed by atoms with E-state index in [0.29, 0.717) is 0 Å². The van der Waals surface area contributed by atoms with Crippen molar-refractivity contribution in [1.29, 1.82) is 0 Å². The van der Waals surface area contributed by atoms with Crippen LogP contribution in [0.2, 0.25) is 19.6 Å². The molecule has 0 aromatic carbocycles. The summed E-state index contributed by atoms with van der Waals surface area (Å²) in [5.41, 5.74) is 0. The summed E-state index contributed by atoms with van der Waals surface area (Å²) in [5.74, 6) is 1.61. The maximum absolute atomic E-state index is 2.70. The first-order chi connectivity index (χ1) is 6.20. The summed E-state index contributed by atoms with van der Waals surface area (Å²) in [6.07, 6.45) is 0. The molecule has 0 aliphatic rings. The van der Waals surface area contributed by atoms with E-state index in [1.54, 1.807) is 0 Å². The van der Waals surface area contributed by atoms with Gasteiger partial charge in [-0.3, -0.25) is 0 Å². The number of hydrogen-bond acceptors (Lipinski definition) is 1. The van der Waals surface area contributed by atoms with Crippen molar-refractivity contribution in [2.24, 2.45) is 11.8 Å². The molecular formula is C11H27NSi2. The maximum Gasteiger partial charge on any atom is 0.126 e. The van der Waals surface area contributed by atoms with Crippen LogP contribution in [0.5, 0.6) is 0 Å². The molecule has 0 rings (SSSR count). The first-order valence-corrected chi connectivity index (χ1v) is 11.2. The van der Waals surface area contributed by atoms with Gasteiger partial charge in [0, 0.05) is 0 Å². The van der Waals surface area contributed by atoms with E-state index in [2.05, 4.69) is 51.9 Å². The molecule has 2 radical (unpaired) electrons. The zero-order chi connectivity index (χ0) is 11.4. The summed E-state index contributed by atoms with van der Waals surface area (Å²) < 4.78 is 2.70. The van der Waals surface area contributed by atoms with Crippen LogP contribution in [0.3, 0.4) is 0 Å². The molecule has 0 amide bonds. The molecule has 3 heteroatoms. The van der Waals surface area contributed by atoms with Crippen molar-refractivity contribution in [2.45, 2.75) is 47.3 Å². The first-order valence-electron chi connectivity index (χ1n) is 5.73. The van der Waals surface area contributed by atoms with E-state index in [4.69, 9.17) is 0 Å². The van der Waals surface area contributed by atoms with Gasteiger partial charge >= 0.3 is 0 Å². The average Bonchev–Trinajstić information content (AvgIpc) is 1.77. The van der Waals surface area contributed by atoms with Gasteiger partial charge in [0.2, 0.25) is 0 Å². The largest absolute Gasteiger partial charge is 0.327 e. The summed E-state index contributed by atoms with van der Waals surface area (Å²) in [6, 6.07) is 0. The monoisotopic (exact) mass is 229 g/mol. The Hall–Kier alpha value is 0.394. The van der Waals surface area contributed by atoms with Crippen molar-refractivity contribution in [3.63, 3.8) is 0 Å². The van der Waals surface area contributed by atoms with E-state index in [-0.39, 0.29) is 0 Å². The highest BCUT2D eigenvalue weighted by Gasteiger charge is 2.21. The lowest BCUT2D eigenvalue weighted by molar-refractivity contribution is 0.349. The van der Waals surface area contributed by atoms with Crippen molar-refractivity contribution < 1.29 is 0 Å². The molecule has 0 aromatic rings. The molecule has 0 saturated heterocycles. The van der Waals surface area contributed by atoms with Gasteiger partial charge in [-0.15, -0.1) is 0 Å². The molecule has 84 valence electrons. The van der Waals surface area contributed by atoms with Gasteiger partial charge in [0.05, 0.1) is 7.59 Å². The summed E-state index contributed by atoms with van der Waals surface area (Å²) in [4.78, 5) is 0. The van der Waals surface area contributed by atoms with Gasteiger partial charge in [-0.25, -0.2) is 0 Å². The maximum atomic E-state index is 2.70. The predicted molar refractivity (Wildman–Crippen MR) is 70.3 cm³/mol. The predicted octanol–water partition coefficient (Wildman–Crippen LogP) is 3.05. The van der Waals surface area contributed by atoms with Crippen LogP contribution in [0.4, 0.5) is 0 Å². The molecule has 0 aliphatic carbocycles. The van der Waals surface area contributed by atoms with Crippen molar-refractivity contribution >= 4 is 16.8 Å². The van der Waals surface area contributed by atoms with Crippen LogP contribution < -0.4 is 0 Å². The molecule has 0 fully saturated rings. The van der Waals surface area contributed by atoms with Crippen LogP contribution in [-0.4, -0.2) is 34.4 Å². The van der Waals surface area contributed by atoms with Crippen molar-refractivity contribution in [3.8, 4) is 0 Å². The molecule has 0 bridgehead atoms. The standard InChI is InChI=1S/C11H27NSi2/c1-10(2)8-12(9-11(3)4)13-14(5,6)7/h10-11H,8-9H2,1-7H3. The van der Waals surface area contributed by atoms with Gasteiger partial charge in [0.25, 0.3) is 0 Å². The second-order valence-corrected chi connectivity index (χ2v) is 16.6. The Morgan fingerprint density at radius 3 is 1.50 bits per heavy atom. The third-order valence-corrected chi connectivity index (χ3v) is 5.98. The molecule has 0 N–H and O–H groups in total. The zero-order valence-electron chi connectivity index (χ0n) is 11.0. The molecule has 0 unspecified atom stereocenters. The molecule has 0 heterocycles. The number of hydrogen-bond donors (Lipinski definition) is 0. The summed E-state index contributed by atoms with van der Waals surface area (Å²) in [6.45, 7) is 19.3.